The molecular formula is C14H16FN3O3. The number of carboxylic acids is 1. The summed E-state index contributed by atoms with van der Waals surface area (Å²) in [7, 11) is 0. The minimum absolute atomic E-state index is 0.00440. The van der Waals surface area contributed by atoms with Crippen LogP contribution in [0.4, 0.5) is 4.39 Å². The molecular weight excluding hydrogens is 277 g/mol. The number of carboxylic acid groups (broad SMARTS) is 1. The number of aromatic nitrogens is 2. The van der Waals surface area contributed by atoms with E-state index >= 15 is 0 Å². The maximum absolute atomic E-state index is 13.5. The lowest BCUT2D eigenvalue weighted by Crippen LogP contribution is -2.33. The normalized spacial score (nSPS) is 12.3. The number of nitrogens with one attached hydrogen (secondary N) is 2. The van der Waals surface area contributed by atoms with Crippen molar-refractivity contribution in [3.8, 4) is 0 Å². The molecule has 0 saturated heterocycles. The summed E-state index contributed by atoms with van der Waals surface area (Å²) in [5, 5.41) is 11.6. The monoisotopic (exact) mass is 293 g/mol. The van der Waals surface area contributed by atoms with Gasteiger partial charge in [0.1, 0.15) is 11.3 Å². The first-order valence-electron chi connectivity index (χ1n) is 6.66. The van der Waals surface area contributed by atoms with Crippen LogP contribution in [0.3, 0.4) is 0 Å². The molecule has 1 aromatic carbocycles. The summed E-state index contributed by atoms with van der Waals surface area (Å²) < 4.78 is 13.5. The van der Waals surface area contributed by atoms with Gasteiger partial charge in [-0.2, -0.15) is 0 Å². The first-order chi connectivity index (χ1) is 10.0. The van der Waals surface area contributed by atoms with Gasteiger partial charge >= 0.3 is 5.97 Å². The number of amides is 1. The molecule has 3 N–H and O–H groups in total. The largest absolute Gasteiger partial charge is 0.481 e. The molecule has 1 aromatic heterocycles. The topological polar surface area (TPSA) is 95.1 Å². The van der Waals surface area contributed by atoms with E-state index in [1.54, 1.807) is 0 Å². The molecule has 0 bridgehead atoms. The number of aliphatic carboxylic acids is 1. The van der Waals surface area contributed by atoms with Gasteiger partial charge in [0.15, 0.2) is 0 Å². The number of hydrogen-bond donors (Lipinski definition) is 3. The Hall–Kier alpha value is -2.44. The number of aromatic amines is 1. The summed E-state index contributed by atoms with van der Waals surface area (Å²) in [6.45, 7) is 1.88. The van der Waals surface area contributed by atoms with Gasteiger partial charge in [-0.3, -0.25) is 9.59 Å². The Balaban J connectivity index is 2.15. The smallest absolute Gasteiger partial charge is 0.308 e. The number of carbonyl (C=O) groups is 2. The standard InChI is InChI=1S/C14H16FN3O3/c1-2-3-8(14(20)21)6-16-13(19)10-4-9(15)5-11-12(10)18-7-17-11/h4-5,7-8H,2-3,6H2,1H3,(H,16,19)(H,17,18)(H,20,21). The highest BCUT2D eigenvalue weighted by molar-refractivity contribution is 6.04. The number of carbonyl (C=O) groups excluding carboxylic acids is 1. The van der Waals surface area contributed by atoms with Crippen LogP contribution >= 0.6 is 0 Å². The number of hydrogen-bond acceptors (Lipinski definition) is 3. The number of rotatable bonds is 6. The third kappa shape index (κ3) is 3.36. The van der Waals surface area contributed by atoms with E-state index in [-0.39, 0.29) is 12.1 Å². The van der Waals surface area contributed by atoms with Crippen molar-refractivity contribution < 1.29 is 19.1 Å². The number of halogens is 1. The average molecular weight is 293 g/mol. The highest BCUT2D eigenvalue weighted by Gasteiger charge is 2.19. The summed E-state index contributed by atoms with van der Waals surface area (Å²) in [6, 6.07) is 2.34. The van der Waals surface area contributed by atoms with Crippen LogP contribution in [0, 0.1) is 11.7 Å². The van der Waals surface area contributed by atoms with Crippen LogP contribution in [0.1, 0.15) is 30.1 Å². The molecule has 0 fully saturated rings. The van der Waals surface area contributed by atoms with E-state index in [0.29, 0.717) is 23.9 Å². The van der Waals surface area contributed by atoms with Crippen LogP contribution in [0.5, 0.6) is 0 Å². The third-order valence-corrected chi connectivity index (χ3v) is 3.23. The van der Waals surface area contributed by atoms with Crippen molar-refractivity contribution in [3.05, 3.63) is 29.8 Å². The fourth-order valence-corrected chi connectivity index (χ4v) is 2.16. The van der Waals surface area contributed by atoms with Gasteiger partial charge in [0.2, 0.25) is 0 Å². The molecule has 1 amide bonds. The highest BCUT2D eigenvalue weighted by atomic mass is 19.1. The second-order valence-corrected chi connectivity index (χ2v) is 4.79. The van der Waals surface area contributed by atoms with Crippen LogP contribution in [-0.4, -0.2) is 33.5 Å². The Bertz CT molecular complexity index is 669. The fourth-order valence-electron chi connectivity index (χ4n) is 2.16. The molecule has 2 rings (SSSR count). The van der Waals surface area contributed by atoms with Crippen molar-refractivity contribution in [3.63, 3.8) is 0 Å². The molecule has 0 radical (unpaired) electrons. The van der Waals surface area contributed by atoms with Crippen LogP contribution in [0.15, 0.2) is 18.5 Å². The second-order valence-electron chi connectivity index (χ2n) is 4.79. The average Bonchev–Trinajstić information content (AvgIpc) is 2.89. The summed E-state index contributed by atoms with van der Waals surface area (Å²) in [5.41, 5.74) is 0.867. The molecule has 112 valence electrons. The summed E-state index contributed by atoms with van der Waals surface area (Å²) in [5.74, 6) is -2.70. The van der Waals surface area contributed by atoms with Crippen molar-refractivity contribution in [1.29, 1.82) is 0 Å². The Morgan fingerprint density at radius 1 is 1.48 bits per heavy atom. The molecule has 2 aromatic rings. The third-order valence-electron chi connectivity index (χ3n) is 3.23. The molecule has 21 heavy (non-hydrogen) atoms. The quantitative estimate of drug-likeness (QED) is 0.758. The summed E-state index contributed by atoms with van der Waals surface area (Å²) in [6.07, 6.45) is 2.55. The molecule has 6 nitrogen and oxygen atoms in total. The zero-order chi connectivity index (χ0) is 15.4. The van der Waals surface area contributed by atoms with Crippen molar-refractivity contribution in [2.45, 2.75) is 19.8 Å². The number of imidazole rings is 1. The molecule has 0 saturated carbocycles. The molecule has 7 heteroatoms. The van der Waals surface area contributed by atoms with Crippen molar-refractivity contribution >= 4 is 22.9 Å². The van der Waals surface area contributed by atoms with E-state index in [1.165, 1.54) is 12.4 Å². The van der Waals surface area contributed by atoms with Gasteiger partial charge in [-0.05, 0) is 18.6 Å². The van der Waals surface area contributed by atoms with Crippen molar-refractivity contribution in [2.75, 3.05) is 6.54 Å². The molecule has 1 unspecified atom stereocenters. The Kier molecular flexibility index (Phi) is 4.52. The highest BCUT2D eigenvalue weighted by Crippen LogP contribution is 2.17. The van der Waals surface area contributed by atoms with Gasteiger partial charge in [0.05, 0.1) is 23.3 Å². The Morgan fingerprint density at radius 2 is 2.24 bits per heavy atom. The molecule has 1 heterocycles. The lowest BCUT2D eigenvalue weighted by molar-refractivity contribution is -0.141. The van der Waals surface area contributed by atoms with Gasteiger partial charge in [-0.25, -0.2) is 9.37 Å². The molecule has 0 aliphatic heterocycles. The number of benzene rings is 1. The molecule has 0 aliphatic rings. The van der Waals surface area contributed by atoms with Crippen molar-refractivity contribution in [1.82, 2.24) is 15.3 Å². The van der Waals surface area contributed by atoms with Gasteiger partial charge in [-0.15, -0.1) is 0 Å². The van der Waals surface area contributed by atoms with Crippen LogP contribution < -0.4 is 5.32 Å². The first-order valence-corrected chi connectivity index (χ1v) is 6.66. The number of fused-ring (bicyclic) bond motifs is 1. The molecule has 0 aliphatic carbocycles. The molecule has 1 atom stereocenters. The van der Waals surface area contributed by atoms with E-state index < -0.39 is 23.6 Å². The van der Waals surface area contributed by atoms with Crippen molar-refractivity contribution in [2.24, 2.45) is 5.92 Å². The van der Waals surface area contributed by atoms with Gasteiger partial charge in [-0.1, -0.05) is 13.3 Å². The van der Waals surface area contributed by atoms with E-state index in [0.717, 1.165) is 6.07 Å². The van der Waals surface area contributed by atoms with E-state index in [2.05, 4.69) is 15.3 Å². The van der Waals surface area contributed by atoms with E-state index in [1.807, 2.05) is 6.92 Å². The van der Waals surface area contributed by atoms with Gasteiger partial charge in [0, 0.05) is 6.54 Å². The maximum atomic E-state index is 13.5. The second kappa shape index (κ2) is 6.34. The zero-order valence-electron chi connectivity index (χ0n) is 11.5. The SMILES string of the molecule is CCCC(CNC(=O)c1cc(F)cc2[nH]cnc12)C(=O)O. The Labute approximate surface area is 120 Å². The lowest BCUT2D eigenvalue weighted by Gasteiger charge is -2.12. The van der Waals surface area contributed by atoms with Gasteiger partial charge in [0.25, 0.3) is 5.91 Å². The zero-order valence-corrected chi connectivity index (χ0v) is 11.5. The summed E-state index contributed by atoms with van der Waals surface area (Å²) >= 11 is 0. The van der Waals surface area contributed by atoms with Crippen LogP contribution in [0.25, 0.3) is 11.0 Å². The first kappa shape index (κ1) is 15.0. The minimum Gasteiger partial charge on any atom is -0.481 e. The summed E-state index contributed by atoms with van der Waals surface area (Å²) in [4.78, 5) is 29.9. The Morgan fingerprint density at radius 3 is 2.90 bits per heavy atom. The van der Waals surface area contributed by atoms with Gasteiger partial charge < -0.3 is 15.4 Å². The van der Waals surface area contributed by atoms with E-state index in [9.17, 15) is 14.0 Å². The van der Waals surface area contributed by atoms with E-state index in [4.69, 9.17) is 5.11 Å². The minimum atomic E-state index is -0.957. The number of nitrogens with zero attached hydrogens (tertiary/aromatic N) is 1. The molecule has 0 spiro atoms. The lowest BCUT2D eigenvalue weighted by atomic mass is 10.0. The maximum Gasteiger partial charge on any atom is 0.308 e. The fraction of sp³-hybridized carbons (Fsp3) is 0.357. The van der Waals surface area contributed by atoms with Crippen LogP contribution in [-0.2, 0) is 4.79 Å². The predicted octanol–water partition coefficient (Wildman–Crippen LogP) is 1.93. The van der Waals surface area contributed by atoms with Crippen LogP contribution in [0.2, 0.25) is 0 Å². The predicted molar refractivity (Wildman–Crippen MR) is 74.4 cm³/mol. The number of H-pyrrole nitrogens is 1.